The summed E-state index contributed by atoms with van der Waals surface area (Å²) < 4.78 is 6.78. The van der Waals surface area contributed by atoms with Crippen LogP contribution in [0, 0.1) is 0 Å². The quantitative estimate of drug-likeness (QED) is 0.933. The Balaban J connectivity index is 2.32. The molecule has 1 aromatic carbocycles. The Morgan fingerprint density at radius 2 is 2.11 bits per heavy atom. The van der Waals surface area contributed by atoms with Gasteiger partial charge in [0.1, 0.15) is 5.75 Å². The Hall–Kier alpha value is -1.46. The number of halogens is 1. The second-order valence-corrected chi connectivity index (χ2v) is 5.36. The minimum absolute atomic E-state index is 0.151. The van der Waals surface area contributed by atoms with Crippen LogP contribution in [0.4, 0.5) is 0 Å². The summed E-state index contributed by atoms with van der Waals surface area (Å²) >= 11 is 3.46. The van der Waals surface area contributed by atoms with Gasteiger partial charge in [0.25, 0.3) is 0 Å². The third-order valence-corrected chi connectivity index (χ3v) is 3.13. The van der Waals surface area contributed by atoms with Gasteiger partial charge in [-0.2, -0.15) is 0 Å². The third-order valence-electron chi connectivity index (χ3n) is 2.63. The van der Waals surface area contributed by atoms with Crippen LogP contribution in [0.3, 0.4) is 0 Å². The van der Waals surface area contributed by atoms with E-state index in [-0.39, 0.29) is 6.61 Å². The molecule has 2 aromatic rings. The van der Waals surface area contributed by atoms with Crippen LogP contribution in [0.1, 0.15) is 31.0 Å². The molecule has 2 rings (SSSR count). The molecule has 0 unspecified atom stereocenters. The standard InChI is InChI=1S/C14H15BrN2O2/c1-9(2)12-5-10(15)3-4-13(12)19-14-7-16-6-11(8-18)17-14/h3-7,9,18H,8H2,1-2H3. The molecule has 0 saturated carbocycles. The molecular weight excluding hydrogens is 308 g/mol. The zero-order valence-corrected chi connectivity index (χ0v) is 12.4. The normalized spacial score (nSPS) is 10.8. The molecule has 4 nitrogen and oxygen atoms in total. The van der Waals surface area contributed by atoms with Crippen LogP contribution in [-0.2, 0) is 6.61 Å². The maximum absolute atomic E-state index is 9.04. The molecule has 0 aliphatic rings. The molecule has 0 amide bonds. The van der Waals surface area contributed by atoms with Crippen LogP contribution in [0.25, 0.3) is 0 Å². The lowest BCUT2D eigenvalue weighted by Crippen LogP contribution is -1.98. The first-order valence-electron chi connectivity index (χ1n) is 5.99. The molecule has 0 fully saturated rings. The van der Waals surface area contributed by atoms with Gasteiger partial charge in [-0.15, -0.1) is 0 Å². The fourth-order valence-corrected chi connectivity index (χ4v) is 2.07. The van der Waals surface area contributed by atoms with Gasteiger partial charge in [-0.1, -0.05) is 29.8 Å². The van der Waals surface area contributed by atoms with Crippen LogP contribution in [-0.4, -0.2) is 15.1 Å². The minimum atomic E-state index is -0.151. The van der Waals surface area contributed by atoms with Gasteiger partial charge in [-0.25, -0.2) is 4.98 Å². The van der Waals surface area contributed by atoms with E-state index in [1.165, 1.54) is 12.4 Å². The van der Waals surface area contributed by atoms with Crippen molar-refractivity contribution in [1.82, 2.24) is 9.97 Å². The summed E-state index contributed by atoms with van der Waals surface area (Å²) in [6.07, 6.45) is 3.04. The third kappa shape index (κ3) is 3.52. The van der Waals surface area contributed by atoms with Crippen LogP contribution < -0.4 is 4.74 Å². The van der Waals surface area contributed by atoms with E-state index in [0.29, 0.717) is 17.5 Å². The van der Waals surface area contributed by atoms with Crippen LogP contribution in [0.15, 0.2) is 35.1 Å². The number of ether oxygens (including phenoxy) is 1. The average Bonchev–Trinajstić information content (AvgIpc) is 2.41. The Kier molecular flexibility index (Phi) is 4.50. The monoisotopic (exact) mass is 322 g/mol. The fraction of sp³-hybridized carbons (Fsp3) is 0.286. The predicted molar refractivity (Wildman–Crippen MR) is 76.3 cm³/mol. The van der Waals surface area contributed by atoms with Gasteiger partial charge >= 0.3 is 0 Å². The van der Waals surface area contributed by atoms with Gasteiger partial charge in [0.2, 0.25) is 5.88 Å². The summed E-state index contributed by atoms with van der Waals surface area (Å²) in [6, 6.07) is 5.85. The van der Waals surface area contributed by atoms with Crippen molar-refractivity contribution in [2.75, 3.05) is 0 Å². The van der Waals surface area contributed by atoms with Gasteiger partial charge in [0.15, 0.2) is 0 Å². The Labute approximate surface area is 120 Å². The molecule has 5 heteroatoms. The summed E-state index contributed by atoms with van der Waals surface area (Å²) in [5.41, 5.74) is 1.58. The van der Waals surface area contributed by atoms with Crippen LogP contribution >= 0.6 is 15.9 Å². The number of hydrogen-bond acceptors (Lipinski definition) is 4. The Morgan fingerprint density at radius 1 is 1.32 bits per heavy atom. The van der Waals surface area contributed by atoms with Crippen molar-refractivity contribution >= 4 is 15.9 Å². The number of rotatable bonds is 4. The minimum Gasteiger partial charge on any atom is -0.437 e. The maximum atomic E-state index is 9.04. The SMILES string of the molecule is CC(C)c1cc(Br)ccc1Oc1cncc(CO)n1. The first-order valence-corrected chi connectivity index (χ1v) is 6.78. The highest BCUT2D eigenvalue weighted by Gasteiger charge is 2.10. The molecular formula is C14H15BrN2O2. The van der Waals surface area contributed by atoms with E-state index in [4.69, 9.17) is 9.84 Å². The molecule has 0 spiro atoms. The summed E-state index contributed by atoms with van der Waals surface area (Å²) in [5, 5.41) is 9.04. The second-order valence-electron chi connectivity index (χ2n) is 4.45. The van der Waals surface area contributed by atoms with E-state index < -0.39 is 0 Å². The fourth-order valence-electron chi connectivity index (χ4n) is 1.69. The van der Waals surface area contributed by atoms with E-state index in [1.807, 2.05) is 18.2 Å². The van der Waals surface area contributed by atoms with Gasteiger partial charge in [0, 0.05) is 4.47 Å². The summed E-state index contributed by atoms with van der Waals surface area (Å²) in [7, 11) is 0. The molecule has 0 aliphatic carbocycles. The van der Waals surface area contributed by atoms with E-state index in [9.17, 15) is 0 Å². The maximum Gasteiger partial charge on any atom is 0.238 e. The van der Waals surface area contributed by atoms with Gasteiger partial charge in [-0.3, -0.25) is 4.98 Å². The molecule has 0 aliphatic heterocycles. The van der Waals surface area contributed by atoms with Crippen molar-refractivity contribution in [2.45, 2.75) is 26.4 Å². The van der Waals surface area contributed by atoms with E-state index in [2.05, 4.69) is 39.7 Å². The number of benzene rings is 1. The Bertz CT molecular complexity index is 573. The number of aliphatic hydroxyl groups excluding tert-OH is 1. The summed E-state index contributed by atoms with van der Waals surface area (Å²) in [5.74, 6) is 1.47. The highest BCUT2D eigenvalue weighted by Crippen LogP contribution is 2.32. The first-order chi connectivity index (χ1) is 9.10. The molecule has 1 heterocycles. The van der Waals surface area contributed by atoms with Crippen LogP contribution in [0.2, 0.25) is 0 Å². The van der Waals surface area contributed by atoms with E-state index in [1.54, 1.807) is 0 Å². The van der Waals surface area contributed by atoms with Gasteiger partial charge in [-0.05, 0) is 29.7 Å². The molecule has 100 valence electrons. The number of aromatic nitrogens is 2. The van der Waals surface area contributed by atoms with E-state index >= 15 is 0 Å². The lowest BCUT2D eigenvalue weighted by molar-refractivity contribution is 0.274. The highest BCUT2D eigenvalue weighted by atomic mass is 79.9. The zero-order valence-electron chi connectivity index (χ0n) is 10.8. The summed E-state index contributed by atoms with van der Waals surface area (Å²) in [4.78, 5) is 8.15. The molecule has 19 heavy (non-hydrogen) atoms. The topological polar surface area (TPSA) is 55.2 Å². The molecule has 1 N–H and O–H groups in total. The summed E-state index contributed by atoms with van der Waals surface area (Å²) in [6.45, 7) is 4.05. The van der Waals surface area contributed by atoms with Crippen molar-refractivity contribution < 1.29 is 9.84 Å². The number of hydrogen-bond donors (Lipinski definition) is 1. The molecule has 0 atom stereocenters. The molecule has 0 bridgehead atoms. The molecule has 1 aromatic heterocycles. The number of aliphatic hydroxyl groups is 1. The largest absolute Gasteiger partial charge is 0.437 e. The number of nitrogens with zero attached hydrogens (tertiary/aromatic N) is 2. The second kappa shape index (κ2) is 6.12. The van der Waals surface area contributed by atoms with Gasteiger partial charge in [0.05, 0.1) is 24.7 Å². The first kappa shape index (κ1) is 14.0. The predicted octanol–water partition coefficient (Wildman–Crippen LogP) is 3.65. The lowest BCUT2D eigenvalue weighted by atomic mass is 10.0. The van der Waals surface area contributed by atoms with Crippen molar-refractivity contribution in [3.05, 3.63) is 46.3 Å². The van der Waals surface area contributed by atoms with Crippen LogP contribution in [0.5, 0.6) is 11.6 Å². The zero-order chi connectivity index (χ0) is 13.8. The van der Waals surface area contributed by atoms with Gasteiger partial charge < -0.3 is 9.84 Å². The Morgan fingerprint density at radius 3 is 2.79 bits per heavy atom. The van der Waals surface area contributed by atoms with Crippen molar-refractivity contribution in [3.63, 3.8) is 0 Å². The molecule has 0 saturated heterocycles. The molecule has 0 radical (unpaired) electrons. The highest BCUT2D eigenvalue weighted by molar-refractivity contribution is 9.10. The van der Waals surface area contributed by atoms with E-state index in [0.717, 1.165) is 15.8 Å². The van der Waals surface area contributed by atoms with Crippen molar-refractivity contribution in [1.29, 1.82) is 0 Å². The van der Waals surface area contributed by atoms with Crippen molar-refractivity contribution in [2.24, 2.45) is 0 Å². The average molecular weight is 323 g/mol. The van der Waals surface area contributed by atoms with Crippen molar-refractivity contribution in [3.8, 4) is 11.6 Å². The lowest BCUT2D eigenvalue weighted by Gasteiger charge is -2.13. The smallest absolute Gasteiger partial charge is 0.238 e.